The lowest BCUT2D eigenvalue weighted by Crippen LogP contribution is -2.22. The molecule has 1 aromatic heterocycles. The largest absolute Gasteiger partial charge is 0.491 e. The fourth-order valence-electron chi connectivity index (χ4n) is 2.13. The van der Waals surface area contributed by atoms with Crippen molar-refractivity contribution in [2.24, 2.45) is 0 Å². The van der Waals surface area contributed by atoms with Gasteiger partial charge in [0.05, 0.1) is 12.1 Å². The number of hydrogen-bond donors (Lipinski definition) is 1. The molecule has 0 saturated heterocycles. The van der Waals surface area contributed by atoms with Crippen molar-refractivity contribution in [3.05, 3.63) is 52.2 Å². The molecular weight excluding hydrogens is 254 g/mol. The maximum atomic E-state index is 5.93. The van der Waals surface area contributed by atoms with Crippen LogP contribution in [0.3, 0.4) is 0 Å². The summed E-state index contributed by atoms with van der Waals surface area (Å²) in [4.78, 5) is 0. The highest BCUT2D eigenvalue weighted by atomic mass is 32.1. The Morgan fingerprint density at radius 3 is 2.63 bits per heavy atom. The number of ether oxygens (including phenoxy) is 1. The van der Waals surface area contributed by atoms with E-state index in [9.17, 15) is 0 Å². The summed E-state index contributed by atoms with van der Waals surface area (Å²) in [5.41, 5.74) is 2.50. The minimum Gasteiger partial charge on any atom is -0.491 e. The zero-order valence-electron chi connectivity index (χ0n) is 11.7. The minimum atomic E-state index is 0.186. The summed E-state index contributed by atoms with van der Waals surface area (Å²) in [5.74, 6) is 0.967. The standard InChI is InChI=1S/C16H21NOS/c1-4-17-16(13-9-10-19-11-13)14-7-5-6-8-15(14)18-12(2)3/h5-12,16-17H,4H2,1-3H3. The fourth-order valence-corrected chi connectivity index (χ4v) is 2.82. The van der Waals surface area contributed by atoms with Crippen LogP contribution >= 0.6 is 11.3 Å². The summed E-state index contributed by atoms with van der Waals surface area (Å²) >= 11 is 1.73. The predicted octanol–water partition coefficient (Wildman–Crippen LogP) is 4.23. The van der Waals surface area contributed by atoms with Gasteiger partial charge in [-0.1, -0.05) is 25.1 Å². The van der Waals surface area contributed by atoms with E-state index in [2.05, 4.69) is 55.0 Å². The molecule has 2 nitrogen and oxygen atoms in total. The monoisotopic (exact) mass is 275 g/mol. The number of rotatable bonds is 6. The van der Waals surface area contributed by atoms with Gasteiger partial charge in [-0.2, -0.15) is 11.3 Å². The average molecular weight is 275 g/mol. The van der Waals surface area contributed by atoms with Crippen LogP contribution in [0.25, 0.3) is 0 Å². The van der Waals surface area contributed by atoms with Crippen LogP contribution in [0.4, 0.5) is 0 Å². The molecule has 0 saturated carbocycles. The highest BCUT2D eigenvalue weighted by molar-refractivity contribution is 7.08. The molecule has 1 unspecified atom stereocenters. The second-order valence-electron chi connectivity index (χ2n) is 4.75. The molecule has 1 aromatic carbocycles. The smallest absolute Gasteiger partial charge is 0.124 e. The quantitative estimate of drug-likeness (QED) is 0.851. The Balaban J connectivity index is 2.36. The molecule has 0 bridgehead atoms. The molecule has 0 spiro atoms. The van der Waals surface area contributed by atoms with E-state index in [1.807, 2.05) is 12.1 Å². The molecule has 1 N–H and O–H groups in total. The van der Waals surface area contributed by atoms with Crippen LogP contribution in [0.2, 0.25) is 0 Å². The van der Waals surface area contributed by atoms with Gasteiger partial charge in [0, 0.05) is 5.56 Å². The van der Waals surface area contributed by atoms with Crippen molar-refractivity contribution in [2.75, 3.05) is 6.54 Å². The van der Waals surface area contributed by atoms with Crippen molar-refractivity contribution < 1.29 is 4.74 Å². The SMILES string of the molecule is CCNC(c1ccsc1)c1ccccc1OC(C)C. The molecule has 0 fully saturated rings. The topological polar surface area (TPSA) is 21.3 Å². The predicted molar refractivity (Wildman–Crippen MR) is 82.0 cm³/mol. The van der Waals surface area contributed by atoms with Gasteiger partial charge in [0.1, 0.15) is 5.75 Å². The Morgan fingerprint density at radius 2 is 2.00 bits per heavy atom. The first-order valence-corrected chi connectivity index (χ1v) is 7.67. The number of benzene rings is 1. The van der Waals surface area contributed by atoms with Gasteiger partial charge in [0.2, 0.25) is 0 Å². The summed E-state index contributed by atoms with van der Waals surface area (Å²) < 4.78 is 5.93. The van der Waals surface area contributed by atoms with Crippen LogP contribution < -0.4 is 10.1 Å². The average Bonchev–Trinajstić information content (AvgIpc) is 2.90. The van der Waals surface area contributed by atoms with Gasteiger partial charge in [-0.05, 0) is 48.8 Å². The molecule has 2 aromatic rings. The van der Waals surface area contributed by atoms with Crippen molar-refractivity contribution in [2.45, 2.75) is 32.9 Å². The molecule has 1 atom stereocenters. The molecule has 1 heterocycles. The van der Waals surface area contributed by atoms with Crippen LogP contribution in [0.1, 0.15) is 37.9 Å². The Kier molecular flexibility index (Phi) is 5.00. The van der Waals surface area contributed by atoms with Gasteiger partial charge in [-0.15, -0.1) is 0 Å². The Labute approximate surface area is 119 Å². The lowest BCUT2D eigenvalue weighted by atomic mass is 10.00. The molecule has 0 aliphatic rings. The summed E-state index contributed by atoms with van der Waals surface area (Å²) in [6.07, 6.45) is 0.186. The molecule has 3 heteroatoms. The van der Waals surface area contributed by atoms with E-state index >= 15 is 0 Å². The van der Waals surface area contributed by atoms with Crippen molar-refractivity contribution in [1.29, 1.82) is 0 Å². The first kappa shape index (κ1) is 14.1. The van der Waals surface area contributed by atoms with E-state index in [0.29, 0.717) is 0 Å². The lowest BCUT2D eigenvalue weighted by molar-refractivity contribution is 0.238. The van der Waals surface area contributed by atoms with Crippen LogP contribution in [0, 0.1) is 0 Å². The van der Waals surface area contributed by atoms with Gasteiger partial charge in [0.25, 0.3) is 0 Å². The summed E-state index contributed by atoms with van der Waals surface area (Å²) in [6.45, 7) is 7.18. The van der Waals surface area contributed by atoms with Gasteiger partial charge < -0.3 is 10.1 Å². The van der Waals surface area contributed by atoms with Crippen LogP contribution in [0.5, 0.6) is 5.75 Å². The number of nitrogens with one attached hydrogen (secondary N) is 1. The highest BCUT2D eigenvalue weighted by Gasteiger charge is 2.18. The van der Waals surface area contributed by atoms with Gasteiger partial charge in [0.15, 0.2) is 0 Å². The lowest BCUT2D eigenvalue weighted by Gasteiger charge is -2.22. The molecule has 0 amide bonds. The molecular formula is C16H21NOS. The normalized spacial score (nSPS) is 12.6. The molecule has 19 heavy (non-hydrogen) atoms. The fraction of sp³-hybridized carbons (Fsp3) is 0.375. The first-order chi connectivity index (χ1) is 9.22. The van der Waals surface area contributed by atoms with Gasteiger partial charge in [-0.25, -0.2) is 0 Å². The maximum Gasteiger partial charge on any atom is 0.124 e. The van der Waals surface area contributed by atoms with Crippen LogP contribution in [-0.4, -0.2) is 12.6 Å². The first-order valence-electron chi connectivity index (χ1n) is 6.73. The summed E-state index contributed by atoms with van der Waals surface area (Å²) in [7, 11) is 0. The Morgan fingerprint density at radius 1 is 1.21 bits per heavy atom. The van der Waals surface area contributed by atoms with E-state index in [-0.39, 0.29) is 12.1 Å². The second kappa shape index (κ2) is 6.73. The van der Waals surface area contributed by atoms with Gasteiger partial charge in [-0.3, -0.25) is 0 Å². The number of hydrogen-bond acceptors (Lipinski definition) is 3. The van der Waals surface area contributed by atoms with Crippen molar-refractivity contribution in [3.8, 4) is 5.75 Å². The Hall–Kier alpha value is -1.32. The molecule has 0 aliphatic carbocycles. The van der Waals surface area contributed by atoms with Crippen LogP contribution in [0.15, 0.2) is 41.1 Å². The Bertz CT molecular complexity index is 493. The van der Waals surface area contributed by atoms with Crippen molar-refractivity contribution in [1.82, 2.24) is 5.32 Å². The number of para-hydroxylation sites is 1. The molecule has 102 valence electrons. The van der Waals surface area contributed by atoms with E-state index < -0.39 is 0 Å². The minimum absolute atomic E-state index is 0.186. The number of thiophene rings is 1. The van der Waals surface area contributed by atoms with Crippen molar-refractivity contribution in [3.63, 3.8) is 0 Å². The van der Waals surface area contributed by atoms with Crippen LogP contribution in [-0.2, 0) is 0 Å². The second-order valence-corrected chi connectivity index (χ2v) is 5.53. The van der Waals surface area contributed by atoms with E-state index in [4.69, 9.17) is 4.74 Å². The highest BCUT2D eigenvalue weighted by Crippen LogP contribution is 2.31. The van der Waals surface area contributed by atoms with E-state index in [1.54, 1.807) is 11.3 Å². The molecule has 2 rings (SSSR count). The van der Waals surface area contributed by atoms with Crippen molar-refractivity contribution >= 4 is 11.3 Å². The van der Waals surface area contributed by atoms with E-state index in [0.717, 1.165) is 12.3 Å². The third-order valence-electron chi connectivity index (χ3n) is 2.88. The zero-order valence-corrected chi connectivity index (χ0v) is 12.5. The summed E-state index contributed by atoms with van der Waals surface area (Å²) in [6, 6.07) is 10.7. The van der Waals surface area contributed by atoms with Gasteiger partial charge >= 0.3 is 0 Å². The molecule has 0 aliphatic heterocycles. The third-order valence-corrected chi connectivity index (χ3v) is 3.58. The third kappa shape index (κ3) is 3.58. The summed E-state index contributed by atoms with van der Waals surface area (Å²) in [5, 5.41) is 7.85. The zero-order chi connectivity index (χ0) is 13.7. The molecule has 0 radical (unpaired) electrons. The van der Waals surface area contributed by atoms with E-state index in [1.165, 1.54) is 11.1 Å². The maximum absolute atomic E-state index is 5.93.